The molecule has 1 N–H and O–H groups in total. The maximum Gasteiger partial charge on any atom is 0.387 e. The fourth-order valence-electron chi connectivity index (χ4n) is 2.56. The number of carbonyl (C=O) groups is 1. The average molecular weight is 423 g/mol. The van der Waals surface area contributed by atoms with Crippen LogP contribution in [0.4, 0.5) is 14.5 Å². The molecule has 0 radical (unpaired) electrons. The summed E-state index contributed by atoms with van der Waals surface area (Å²) in [6.45, 7) is 0.890. The Hall–Kier alpha value is -3.13. The number of carbonyl (C=O) groups excluding carboxylic acids is 1. The van der Waals surface area contributed by atoms with E-state index < -0.39 is 12.5 Å². The number of alkyl halides is 2. The molecule has 0 fully saturated rings. The van der Waals surface area contributed by atoms with Crippen molar-refractivity contribution in [3.63, 3.8) is 0 Å². The summed E-state index contributed by atoms with van der Waals surface area (Å²) in [5.74, 6) is 0.588. The van der Waals surface area contributed by atoms with Crippen LogP contribution in [-0.4, -0.2) is 17.7 Å². The molecule has 1 aromatic heterocycles. The number of benzene rings is 2. The summed E-state index contributed by atoms with van der Waals surface area (Å²) in [5, 5.41) is 6.48. The lowest BCUT2D eigenvalue weighted by atomic mass is 10.2. The van der Waals surface area contributed by atoms with Crippen molar-refractivity contribution in [2.75, 3.05) is 5.32 Å². The summed E-state index contributed by atoms with van der Waals surface area (Å²) in [6.07, 6.45) is 0. The van der Waals surface area contributed by atoms with Crippen molar-refractivity contribution >= 4 is 23.2 Å². The van der Waals surface area contributed by atoms with Gasteiger partial charge in [-0.25, -0.2) is 0 Å². The fraction of sp³-hybridized carbons (Fsp3) is 0.200. The van der Waals surface area contributed by atoms with E-state index in [-0.39, 0.29) is 17.4 Å². The van der Waals surface area contributed by atoms with Gasteiger partial charge in [-0.1, -0.05) is 22.8 Å². The smallest absolute Gasteiger partial charge is 0.387 e. The maximum atomic E-state index is 12.5. The van der Waals surface area contributed by atoms with Crippen LogP contribution in [0.2, 0.25) is 5.02 Å². The van der Waals surface area contributed by atoms with E-state index in [1.807, 2.05) is 6.92 Å². The second-order valence-electron chi connectivity index (χ2n) is 6.10. The van der Waals surface area contributed by atoms with Crippen molar-refractivity contribution in [1.29, 1.82) is 0 Å². The summed E-state index contributed by atoms with van der Waals surface area (Å²) in [5.41, 5.74) is 2.28. The van der Waals surface area contributed by atoms with Crippen molar-refractivity contribution < 1.29 is 27.6 Å². The molecule has 0 unspecified atom stereocenters. The monoisotopic (exact) mass is 422 g/mol. The summed E-state index contributed by atoms with van der Waals surface area (Å²) < 4.78 is 39.7. The molecule has 29 heavy (non-hydrogen) atoms. The molecule has 1 amide bonds. The van der Waals surface area contributed by atoms with Crippen molar-refractivity contribution in [1.82, 2.24) is 5.16 Å². The second-order valence-corrected chi connectivity index (χ2v) is 6.50. The predicted octanol–water partition coefficient (Wildman–Crippen LogP) is 5.38. The Kier molecular flexibility index (Phi) is 6.33. The highest BCUT2D eigenvalue weighted by atomic mass is 35.5. The van der Waals surface area contributed by atoms with Crippen molar-refractivity contribution in [2.24, 2.45) is 0 Å². The normalized spacial score (nSPS) is 10.8. The first-order valence-corrected chi connectivity index (χ1v) is 8.91. The van der Waals surface area contributed by atoms with Crippen LogP contribution in [0.15, 0.2) is 47.0 Å². The number of rotatable bonds is 7. The summed E-state index contributed by atoms with van der Waals surface area (Å²) in [6, 6.07) is 10.6. The molecule has 152 valence electrons. The largest absolute Gasteiger partial charge is 0.489 e. The number of amides is 1. The predicted molar refractivity (Wildman–Crippen MR) is 103 cm³/mol. The van der Waals surface area contributed by atoms with E-state index in [0.717, 1.165) is 11.3 Å². The Labute approximate surface area is 170 Å². The number of nitrogens with one attached hydrogen (secondary N) is 1. The van der Waals surface area contributed by atoms with E-state index in [4.69, 9.17) is 20.9 Å². The molecular weight excluding hydrogens is 406 g/mol. The molecule has 3 rings (SSSR count). The fourth-order valence-corrected chi connectivity index (χ4v) is 2.79. The lowest BCUT2D eigenvalue weighted by Crippen LogP contribution is -2.12. The van der Waals surface area contributed by atoms with E-state index in [0.29, 0.717) is 22.8 Å². The van der Waals surface area contributed by atoms with Gasteiger partial charge < -0.3 is 19.3 Å². The molecule has 0 bridgehead atoms. The number of nitrogens with zero attached hydrogens (tertiary/aromatic N) is 1. The van der Waals surface area contributed by atoms with Gasteiger partial charge in [0.25, 0.3) is 5.91 Å². The molecule has 0 spiro atoms. The molecule has 1 heterocycles. The summed E-state index contributed by atoms with van der Waals surface area (Å²) in [7, 11) is 0. The van der Waals surface area contributed by atoms with Crippen molar-refractivity contribution in [2.45, 2.75) is 27.1 Å². The standard InChI is InChI=1S/C20H17ClF2N2O4/c1-11-16(12(2)29-25-11)10-27-15-5-3-4-13(8-15)19(26)24-14-6-7-18(17(21)9-14)28-20(22)23/h3-9,20H,10H2,1-2H3,(H,24,26). The Bertz CT molecular complexity index is 1000. The van der Waals surface area contributed by atoms with Gasteiger partial charge in [0.05, 0.1) is 16.3 Å². The van der Waals surface area contributed by atoms with Crippen LogP contribution < -0.4 is 14.8 Å². The lowest BCUT2D eigenvalue weighted by Gasteiger charge is -2.11. The van der Waals surface area contributed by atoms with Crippen LogP contribution >= 0.6 is 11.6 Å². The van der Waals surface area contributed by atoms with E-state index >= 15 is 0 Å². The number of ether oxygens (including phenoxy) is 2. The number of hydrogen-bond acceptors (Lipinski definition) is 5. The number of aryl methyl sites for hydroxylation is 2. The molecule has 0 saturated heterocycles. The van der Waals surface area contributed by atoms with Crippen LogP contribution in [0.1, 0.15) is 27.4 Å². The molecule has 0 aliphatic heterocycles. The van der Waals surface area contributed by atoms with Crippen LogP contribution in [0.5, 0.6) is 11.5 Å². The third-order valence-corrected chi connectivity index (χ3v) is 4.36. The molecule has 2 aromatic carbocycles. The Morgan fingerprint density at radius 2 is 2.03 bits per heavy atom. The molecule has 0 aliphatic rings. The minimum absolute atomic E-state index is 0.0420. The zero-order chi connectivity index (χ0) is 21.0. The van der Waals surface area contributed by atoms with Gasteiger partial charge in [-0.15, -0.1) is 0 Å². The van der Waals surface area contributed by atoms with E-state index in [9.17, 15) is 13.6 Å². The number of halogens is 3. The molecule has 6 nitrogen and oxygen atoms in total. The SMILES string of the molecule is Cc1noc(C)c1COc1cccc(C(=O)Nc2ccc(OC(F)F)c(Cl)c2)c1. The third-order valence-electron chi connectivity index (χ3n) is 4.07. The number of hydrogen-bond donors (Lipinski definition) is 1. The molecule has 0 aliphatic carbocycles. The van der Waals surface area contributed by atoms with Gasteiger partial charge in [0, 0.05) is 11.3 Å². The van der Waals surface area contributed by atoms with Crippen LogP contribution in [-0.2, 0) is 6.61 Å². The Balaban J connectivity index is 1.67. The highest BCUT2D eigenvalue weighted by molar-refractivity contribution is 6.32. The van der Waals surface area contributed by atoms with E-state index in [2.05, 4.69) is 15.2 Å². The average Bonchev–Trinajstić information content (AvgIpc) is 3.00. The molecular formula is C20H17ClF2N2O4. The van der Waals surface area contributed by atoms with Gasteiger partial charge >= 0.3 is 6.61 Å². The summed E-state index contributed by atoms with van der Waals surface area (Å²) in [4.78, 5) is 12.5. The third kappa shape index (κ3) is 5.23. The van der Waals surface area contributed by atoms with Gasteiger partial charge in [-0.3, -0.25) is 4.79 Å². The first-order valence-electron chi connectivity index (χ1n) is 8.54. The molecule has 0 atom stereocenters. The highest BCUT2D eigenvalue weighted by Crippen LogP contribution is 2.29. The summed E-state index contributed by atoms with van der Waals surface area (Å²) >= 11 is 5.90. The van der Waals surface area contributed by atoms with E-state index in [1.54, 1.807) is 31.2 Å². The molecule has 9 heteroatoms. The Morgan fingerprint density at radius 3 is 2.69 bits per heavy atom. The number of aromatic nitrogens is 1. The quantitative estimate of drug-likeness (QED) is 0.553. The zero-order valence-corrected chi connectivity index (χ0v) is 16.3. The first kappa shape index (κ1) is 20.6. The minimum atomic E-state index is -2.99. The van der Waals surface area contributed by atoms with Crippen LogP contribution in [0.25, 0.3) is 0 Å². The Morgan fingerprint density at radius 1 is 1.24 bits per heavy atom. The van der Waals surface area contributed by atoms with Gasteiger partial charge in [0.1, 0.15) is 23.9 Å². The zero-order valence-electron chi connectivity index (χ0n) is 15.5. The van der Waals surface area contributed by atoms with Gasteiger partial charge in [0.15, 0.2) is 0 Å². The van der Waals surface area contributed by atoms with Gasteiger partial charge in [0.2, 0.25) is 0 Å². The molecule has 0 saturated carbocycles. The van der Waals surface area contributed by atoms with Crippen LogP contribution in [0, 0.1) is 13.8 Å². The minimum Gasteiger partial charge on any atom is -0.489 e. The lowest BCUT2D eigenvalue weighted by molar-refractivity contribution is -0.0497. The first-order chi connectivity index (χ1) is 13.8. The second kappa shape index (κ2) is 8.91. The topological polar surface area (TPSA) is 73.6 Å². The van der Waals surface area contributed by atoms with Crippen molar-refractivity contribution in [3.05, 3.63) is 70.1 Å². The van der Waals surface area contributed by atoms with Gasteiger partial charge in [-0.2, -0.15) is 8.78 Å². The number of anilines is 1. The van der Waals surface area contributed by atoms with Crippen molar-refractivity contribution in [3.8, 4) is 11.5 Å². The van der Waals surface area contributed by atoms with Crippen LogP contribution in [0.3, 0.4) is 0 Å². The highest BCUT2D eigenvalue weighted by Gasteiger charge is 2.13. The molecule has 3 aromatic rings. The maximum absolute atomic E-state index is 12.5. The van der Waals surface area contributed by atoms with Gasteiger partial charge in [-0.05, 0) is 50.2 Å². The van der Waals surface area contributed by atoms with E-state index in [1.165, 1.54) is 18.2 Å².